The number of rotatable bonds is 3. The number of hydrogen-bond acceptors (Lipinski definition) is 4. The van der Waals surface area contributed by atoms with E-state index in [1.54, 1.807) is 30.3 Å². The Balaban J connectivity index is 1.96. The zero-order valence-corrected chi connectivity index (χ0v) is 19.3. The number of ketones is 1. The zero-order chi connectivity index (χ0) is 23.9. The van der Waals surface area contributed by atoms with E-state index in [9.17, 15) is 19.8 Å². The highest BCUT2D eigenvalue weighted by molar-refractivity contribution is 6.52. The second kappa shape index (κ2) is 8.41. The molecule has 0 aromatic heterocycles. The third-order valence-electron chi connectivity index (χ3n) is 5.78. The van der Waals surface area contributed by atoms with Crippen LogP contribution in [0.5, 0.6) is 5.75 Å². The molecule has 0 bridgehead atoms. The van der Waals surface area contributed by atoms with Crippen LogP contribution in [0.1, 0.15) is 43.5 Å². The fourth-order valence-corrected chi connectivity index (χ4v) is 4.17. The molecule has 33 heavy (non-hydrogen) atoms. The molecule has 1 aliphatic rings. The number of phenols is 1. The summed E-state index contributed by atoms with van der Waals surface area (Å²) in [7, 11) is 0. The van der Waals surface area contributed by atoms with E-state index in [-0.39, 0.29) is 28.2 Å². The first-order valence-corrected chi connectivity index (χ1v) is 10.9. The van der Waals surface area contributed by atoms with Crippen molar-refractivity contribution in [1.29, 1.82) is 0 Å². The number of nitrogens with zero attached hydrogens (tertiary/aromatic N) is 1. The van der Waals surface area contributed by atoms with E-state index in [4.69, 9.17) is 11.6 Å². The van der Waals surface area contributed by atoms with Gasteiger partial charge in [0.05, 0.1) is 17.3 Å². The molecule has 0 saturated carbocycles. The van der Waals surface area contributed by atoms with Gasteiger partial charge in [0.1, 0.15) is 11.5 Å². The lowest BCUT2D eigenvalue weighted by molar-refractivity contribution is -0.132. The number of aliphatic hydroxyl groups is 1. The van der Waals surface area contributed by atoms with E-state index in [1.807, 2.05) is 24.3 Å². The summed E-state index contributed by atoms with van der Waals surface area (Å²) in [5, 5.41) is 21.9. The van der Waals surface area contributed by atoms with Gasteiger partial charge in [-0.3, -0.25) is 14.5 Å². The monoisotopic (exact) mass is 461 g/mol. The highest BCUT2D eigenvalue weighted by atomic mass is 35.5. The van der Waals surface area contributed by atoms with Crippen molar-refractivity contribution in [2.75, 3.05) is 4.90 Å². The Bertz CT molecular complexity index is 1260. The summed E-state index contributed by atoms with van der Waals surface area (Å²) in [6.07, 6.45) is 0. The maximum absolute atomic E-state index is 13.2. The predicted molar refractivity (Wildman–Crippen MR) is 129 cm³/mol. The van der Waals surface area contributed by atoms with Crippen molar-refractivity contribution < 1.29 is 19.8 Å². The summed E-state index contributed by atoms with van der Waals surface area (Å²) < 4.78 is 0. The van der Waals surface area contributed by atoms with Gasteiger partial charge in [0, 0.05) is 10.6 Å². The number of Topliss-reactive ketones (excluding diaryl/α,β-unsaturated/α-hetero) is 1. The van der Waals surface area contributed by atoms with Crippen molar-refractivity contribution in [3.8, 4) is 5.75 Å². The number of halogens is 1. The summed E-state index contributed by atoms with van der Waals surface area (Å²) in [5.74, 6) is -2.16. The Morgan fingerprint density at radius 2 is 1.58 bits per heavy atom. The molecule has 1 unspecified atom stereocenters. The number of aromatic hydroxyl groups is 1. The van der Waals surface area contributed by atoms with Crippen LogP contribution in [0, 0.1) is 0 Å². The Morgan fingerprint density at radius 3 is 2.18 bits per heavy atom. The van der Waals surface area contributed by atoms with Gasteiger partial charge in [-0.1, -0.05) is 87.0 Å². The van der Waals surface area contributed by atoms with E-state index >= 15 is 0 Å². The SMILES string of the molecule is CC(C)(C)c1ccc(C2/C(=C(\O)c3ccccc3)C(=O)C(=O)N2c2cc(Cl)ccc2O)cc1. The number of hydrogen-bond donors (Lipinski definition) is 2. The van der Waals surface area contributed by atoms with Crippen molar-refractivity contribution in [3.63, 3.8) is 0 Å². The Hall–Kier alpha value is -3.57. The number of aliphatic hydroxyl groups excluding tert-OH is 1. The standard InChI is InChI=1S/C27H24ClNO4/c1-27(2,3)18-11-9-16(10-12-18)23-22(24(31)17-7-5-4-6-8-17)25(32)26(33)29(23)20-15-19(28)13-14-21(20)30/h4-15,23,30-31H,1-3H3/b24-22+. The molecule has 6 heteroatoms. The molecule has 5 nitrogen and oxygen atoms in total. The van der Waals surface area contributed by atoms with Gasteiger partial charge < -0.3 is 10.2 Å². The zero-order valence-electron chi connectivity index (χ0n) is 18.5. The molecule has 3 aromatic carbocycles. The van der Waals surface area contributed by atoms with E-state index in [2.05, 4.69) is 20.8 Å². The molecule has 1 aliphatic heterocycles. The summed E-state index contributed by atoms with van der Waals surface area (Å²) in [4.78, 5) is 27.6. The maximum Gasteiger partial charge on any atom is 0.300 e. The van der Waals surface area contributed by atoms with Gasteiger partial charge >= 0.3 is 0 Å². The van der Waals surface area contributed by atoms with Gasteiger partial charge in [-0.15, -0.1) is 0 Å². The van der Waals surface area contributed by atoms with Crippen LogP contribution < -0.4 is 4.90 Å². The van der Waals surface area contributed by atoms with Crippen molar-refractivity contribution in [1.82, 2.24) is 0 Å². The van der Waals surface area contributed by atoms with E-state index < -0.39 is 17.7 Å². The minimum atomic E-state index is -0.941. The lowest BCUT2D eigenvalue weighted by atomic mass is 9.85. The van der Waals surface area contributed by atoms with Crippen LogP contribution >= 0.6 is 11.6 Å². The number of carbonyl (C=O) groups is 2. The number of phenolic OH excluding ortho intramolecular Hbond substituents is 1. The second-order valence-corrected chi connectivity index (χ2v) is 9.48. The molecule has 1 amide bonds. The van der Waals surface area contributed by atoms with Crippen molar-refractivity contribution in [2.24, 2.45) is 0 Å². The van der Waals surface area contributed by atoms with Crippen molar-refractivity contribution in [3.05, 3.63) is 100 Å². The summed E-state index contributed by atoms with van der Waals surface area (Å²) >= 11 is 6.14. The van der Waals surface area contributed by atoms with Crippen LogP contribution in [0.4, 0.5) is 5.69 Å². The van der Waals surface area contributed by atoms with Crippen LogP contribution in [-0.2, 0) is 15.0 Å². The van der Waals surface area contributed by atoms with Crippen LogP contribution in [0.3, 0.4) is 0 Å². The number of amides is 1. The molecule has 0 radical (unpaired) electrons. The van der Waals surface area contributed by atoms with Gasteiger partial charge in [-0.05, 0) is 34.7 Å². The first kappa shape index (κ1) is 22.6. The Labute approximate surface area is 197 Å². The third kappa shape index (κ3) is 4.12. The number of benzene rings is 3. The molecule has 4 rings (SSSR count). The van der Waals surface area contributed by atoms with Crippen molar-refractivity contribution >= 4 is 34.7 Å². The third-order valence-corrected chi connectivity index (χ3v) is 6.02. The lowest BCUT2D eigenvalue weighted by Gasteiger charge is -2.27. The van der Waals surface area contributed by atoms with Gasteiger partial charge in [0.25, 0.3) is 11.7 Å². The Morgan fingerprint density at radius 1 is 0.939 bits per heavy atom. The summed E-state index contributed by atoms with van der Waals surface area (Å²) in [6, 6.07) is 19.5. The number of anilines is 1. The molecule has 1 heterocycles. The van der Waals surface area contributed by atoms with Crippen molar-refractivity contribution in [2.45, 2.75) is 32.2 Å². The molecule has 1 atom stereocenters. The quantitative estimate of drug-likeness (QED) is 0.286. The first-order chi connectivity index (χ1) is 15.6. The van der Waals surface area contributed by atoms with E-state index in [0.717, 1.165) is 5.56 Å². The average Bonchev–Trinajstić information content (AvgIpc) is 3.05. The molecule has 0 aliphatic carbocycles. The van der Waals surface area contributed by atoms with Gasteiger partial charge in [-0.2, -0.15) is 0 Å². The van der Waals surface area contributed by atoms with Crippen LogP contribution in [-0.4, -0.2) is 21.9 Å². The molecule has 1 saturated heterocycles. The van der Waals surface area contributed by atoms with Gasteiger partial charge in [0.2, 0.25) is 0 Å². The molecule has 1 fully saturated rings. The van der Waals surface area contributed by atoms with E-state index in [0.29, 0.717) is 16.1 Å². The molecule has 0 spiro atoms. The van der Waals surface area contributed by atoms with Gasteiger partial charge in [-0.25, -0.2) is 0 Å². The molecule has 2 N–H and O–H groups in total. The number of carbonyl (C=O) groups excluding carboxylic acids is 2. The van der Waals surface area contributed by atoms with Crippen LogP contribution in [0.15, 0.2) is 78.4 Å². The highest BCUT2D eigenvalue weighted by Gasteiger charge is 2.47. The Kier molecular flexibility index (Phi) is 5.76. The first-order valence-electron chi connectivity index (χ1n) is 10.5. The average molecular weight is 462 g/mol. The normalized spacial score (nSPS) is 18.1. The predicted octanol–water partition coefficient (Wildman–Crippen LogP) is 5.97. The van der Waals surface area contributed by atoms with Crippen LogP contribution in [0.2, 0.25) is 5.02 Å². The fraction of sp³-hybridized carbons (Fsp3) is 0.185. The summed E-state index contributed by atoms with van der Waals surface area (Å²) in [6.45, 7) is 6.27. The molecular formula is C27H24ClNO4. The largest absolute Gasteiger partial charge is 0.507 e. The summed E-state index contributed by atoms with van der Waals surface area (Å²) in [5.41, 5.74) is 2.09. The smallest absolute Gasteiger partial charge is 0.300 e. The lowest BCUT2D eigenvalue weighted by Crippen LogP contribution is -2.29. The molecular weight excluding hydrogens is 438 g/mol. The van der Waals surface area contributed by atoms with Crippen LogP contribution in [0.25, 0.3) is 5.76 Å². The minimum Gasteiger partial charge on any atom is -0.507 e. The second-order valence-electron chi connectivity index (χ2n) is 9.04. The molecule has 3 aromatic rings. The van der Waals surface area contributed by atoms with Gasteiger partial charge in [0.15, 0.2) is 0 Å². The minimum absolute atomic E-state index is 0.0471. The molecule has 168 valence electrons. The highest BCUT2D eigenvalue weighted by Crippen LogP contribution is 2.45. The maximum atomic E-state index is 13.2. The topological polar surface area (TPSA) is 77.8 Å². The van der Waals surface area contributed by atoms with E-state index in [1.165, 1.54) is 23.1 Å². The fourth-order valence-electron chi connectivity index (χ4n) is 4.00.